The summed E-state index contributed by atoms with van der Waals surface area (Å²) in [6.45, 7) is 1.78. The summed E-state index contributed by atoms with van der Waals surface area (Å²) >= 11 is 0. The summed E-state index contributed by atoms with van der Waals surface area (Å²) < 4.78 is 35.9. The van der Waals surface area contributed by atoms with E-state index in [4.69, 9.17) is 4.74 Å². The summed E-state index contributed by atoms with van der Waals surface area (Å²) in [7, 11) is -3.68. The zero-order chi connectivity index (χ0) is 22.8. The quantitative estimate of drug-likeness (QED) is 0.456. The van der Waals surface area contributed by atoms with Gasteiger partial charge < -0.3 is 4.74 Å². The van der Waals surface area contributed by atoms with Gasteiger partial charge in [-0.1, -0.05) is 6.07 Å². The molecule has 0 atom stereocenters. The molecule has 2 aromatic carbocycles. The molecule has 1 aliphatic rings. The molecular weight excluding hydrogens is 438 g/mol. The average Bonchev–Trinajstić information content (AvgIpc) is 3.35. The van der Waals surface area contributed by atoms with Crippen molar-refractivity contribution in [3.8, 4) is 17.4 Å². The van der Waals surface area contributed by atoms with Crippen LogP contribution in [0.5, 0.6) is 11.6 Å². The minimum atomic E-state index is -3.68. The number of anilines is 1. The van der Waals surface area contributed by atoms with E-state index in [9.17, 15) is 8.42 Å². The van der Waals surface area contributed by atoms with Crippen molar-refractivity contribution in [3.05, 3.63) is 83.9 Å². The van der Waals surface area contributed by atoms with Crippen LogP contribution in [0.4, 0.5) is 5.69 Å². The summed E-state index contributed by atoms with van der Waals surface area (Å²) in [6.07, 6.45) is 7.65. The largest absolute Gasteiger partial charge is 0.439 e. The first-order valence-corrected chi connectivity index (χ1v) is 12.2. The maximum Gasteiger partial charge on any atom is 0.261 e. The normalized spacial score (nSPS) is 13.4. The van der Waals surface area contributed by atoms with Crippen molar-refractivity contribution in [3.63, 3.8) is 0 Å². The fraction of sp³-hybridized carbons (Fsp3) is 0.208. The number of aromatic nitrogens is 4. The predicted octanol–water partition coefficient (Wildman–Crippen LogP) is 4.44. The SMILES string of the molecule is Cc1nc(Oc2ccc(NS(=O)(=O)c3ccc4c(c3)CCCC4)cc2)cc(-n2cccn2)n1. The molecule has 2 heterocycles. The Morgan fingerprint density at radius 1 is 0.970 bits per heavy atom. The maximum atomic E-state index is 12.9. The van der Waals surface area contributed by atoms with E-state index in [0.29, 0.717) is 29.0 Å². The van der Waals surface area contributed by atoms with Crippen molar-refractivity contribution in [1.29, 1.82) is 0 Å². The van der Waals surface area contributed by atoms with Crippen LogP contribution in [0.25, 0.3) is 5.82 Å². The fourth-order valence-corrected chi connectivity index (χ4v) is 5.01. The second kappa shape index (κ2) is 8.67. The smallest absolute Gasteiger partial charge is 0.261 e. The van der Waals surface area contributed by atoms with Gasteiger partial charge in [-0.2, -0.15) is 10.1 Å². The van der Waals surface area contributed by atoms with E-state index < -0.39 is 10.0 Å². The van der Waals surface area contributed by atoms with E-state index in [2.05, 4.69) is 19.8 Å². The Morgan fingerprint density at radius 2 is 1.76 bits per heavy atom. The number of ether oxygens (including phenoxy) is 1. The lowest BCUT2D eigenvalue weighted by molar-refractivity contribution is 0.459. The molecule has 168 valence electrons. The second-order valence-corrected chi connectivity index (χ2v) is 9.61. The van der Waals surface area contributed by atoms with Gasteiger partial charge in [0.25, 0.3) is 10.0 Å². The first-order chi connectivity index (χ1) is 16.0. The van der Waals surface area contributed by atoms with Gasteiger partial charge in [-0.05, 0) is 86.2 Å². The van der Waals surface area contributed by atoms with Crippen molar-refractivity contribution in [1.82, 2.24) is 19.7 Å². The monoisotopic (exact) mass is 461 g/mol. The summed E-state index contributed by atoms with van der Waals surface area (Å²) in [5, 5.41) is 4.18. The molecule has 0 radical (unpaired) electrons. The predicted molar refractivity (Wildman–Crippen MR) is 124 cm³/mol. The molecule has 0 bridgehead atoms. The van der Waals surface area contributed by atoms with Gasteiger partial charge in [0.05, 0.1) is 4.90 Å². The molecule has 8 nitrogen and oxygen atoms in total. The van der Waals surface area contributed by atoms with E-state index in [0.717, 1.165) is 31.2 Å². The molecule has 1 N–H and O–H groups in total. The van der Waals surface area contributed by atoms with Crippen molar-refractivity contribution in [2.24, 2.45) is 0 Å². The molecule has 33 heavy (non-hydrogen) atoms. The van der Waals surface area contributed by atoms with Gasteiger partial charge >= 0.3 is 0 Å². The summed E-state index contributed by atoms with van der Waals surface area (Å²) in [6, 6.07) is 15.6. The highest BCUT2D eigenvalue weighted by Crippen LogP contribution is 2.27. The van der Waals surface area contributed by atoms with Crippen LogP contribution in [0.3, 0.4) is 0 Å². The number of nitrogens with one attached hydrogen (secondary N) is 1. The van der Waals surface area contributed by atoms with Crippen LogP contribution in [0.1, 0.15) is 29.8 Å². The molecule has 1 aliphatic carbocycles. The van der Waals surface area contributed by atoms with E-state index >= 15 is 0 Å². The number of sulfonamides is 1. The highest BCUT2D eigenvalue weighted by atomic mass is 32.2. The van der Waals surface area contributed by atoms with Gasteiger partial charge in [-0.15, -0.1) is 0 Å². The zero-order valence-corrected chi connectivity index (χ0v) is 18.9. The maximum absolute atomic E-state index is 12.9. The van der Waals surface area contributed by atoms with Gasteiger partial charge in [-0.3, -0.25) is 4.72 Å². The number of benzene rings is 2. The number of fused-ring (bicyclic) bond motifs is 1. The molecule has 0 amide bonds. The highest BCUT2D eigenvalue weighted by Gasteiger charge is 2.18. The molecule has 9 heteroatoms. The van der Waals surface area contributed by atoms with Gasteiger partial charge in [0, 0.05) is 24.1 Å². The Labute approximate surface area is 192 Å². The third-order valence-corrected chi connectivity index (χ3v) is 6.88. The third kappa shape index (κ3) is 4.73. The van der Waals surface area contributed by atoms with Crippen molar-refractivity contribution < 1.29 is 13.2 Å². The number of hydrogen-bond acceptors (Lipinski definition) is 6. The van der Waals surface area contributed by atoms with Crippen LogP contribution in [0.15, 0.2) is 71.9 Å². The Balaban J connectivity index is 1.31. The van der Waals surface area contributed by atoms with Crippen molar-refractivity contribution >= 4 is 15.7 Å². The number of rotatable bonds is 6. The minimum Gasteiger partial charge on any atom is -0.439 e. The van der Waals surface area contributed by atoms with Crippen LogP contribution < -0.4 is 9.46 Å². The number of aryl methyl sites for hydroxylation is 3. The van der Waals surface area contributed by atoms with Crippen LogP contribution in [0, 0.1) is 6.92 Å². The minimum absolute atomic E-state index is 0.283. The molecule has 0 spiro atoms. The average molecular weight is 462 g/mol. The van der Waals surface area contributed by atoms with Crippen LogP contribution in [-0.4, -0.2) is 28.2 Å². The number of hydrogen-bond donors (Lipinski definition) is 1. The lowest BCUT2D eigenvalue weighted by atomic mass is 9.92. The molecular formula is C24H23N5O3S. The Hall–Kier alpha value is -3.72. The van der Waals surface area contributed by atoms with Crippen molar-refractivity contribution in [2.75, 3.05) is 4.72 Å². The molecule has 0 unspecified atom stereocenters. The summed E-state index contributed by atoms with van der Waals surface area (Å²) in [5.41, 5.74) is 2.83. The van der Waals surface area contributed by atoms with Crippen LogP contribution in [0.2, 0.25) is 0 Å². The first-order valence-electron chi connectivity index (χ1n) is 10.7. The molecule has 5 rings (SSSR count). The standard InChI is InChI=1S/C24H23N5O3S/c1-17-26-23(29-14-4-13-25-29)16-24(27-17)32-21-10-8-20(9-11-21)28-33(30,31)22-12-7-18-5-2-3-6-19(18)15-22/h4,7-16,28H,2-3,5-6H2,1H3. The lowest BCUT2D eigenvalue weighted by Crippen LogP contribution is -2.14. The van der Waals surface area contributed by atoms with Crippen molar-refractivity contribution in [2.45, 2.75) is 37.5 Å². The van der Waals surface area contributed by atoms with Gasteiger partial charge in [0.2, 0.25) is 5.88 Å². The molecule has 0 saturated carbocycles. The van der Waals surface area contributed by atoms with Gasteiger partial charge in [-0.25, -0.2) is 18.1 Å². The first kappa shape index (κ1) is 21.1. The summed E-state index contributed by atoms with van der Waals surface area (Å²) in [4.78, 5) is 8.95. The van der Waals surface area contributed by atoms with Crippen LogP contribution in [-0.2, 0) is 22.9 Å². The molecule has 2 aromatic heterocycles. The van der Waals surface area contributed by atoms with E-state index in [-0.39, 0.29) is 4.90 Å². The van der Waals surface area contributed by atoms with E-state index in [1.807, 2.05) is 12.1 Å². The third-order valence-electron chi connectivity index (χ3n) is 5.50. The zero-order valence-electron chi connectivity index (χ0n) is 18.1. The van der Waals surface area contributed by atoms with E-state index in [1.54, 1.807) is 66.5 Å². The Morgan fingerprint density at radius 3 is 2.52 bits per heavy atom. The van der Waals surface area contributed by atoms with E-state index in [1.165, 1.54) is 5.56 Å². The molecule has 0 fully saturated rings. The summed E-state index contributed by atoms with van der Waals surface area (Å²) in [5.74, 6) is 2.04. The lowest BCUT2D eigenvalue weighted by Gasteiger charge is -2.17. The molecule has 0 saturated heterocycles. The number of nitrogens with zero attached hydrogens (tertiary/aromatic N) is 4. The van der Waals surface area contributed by atoms with Gasteiger partial charge in [0.15, 0.2) is 5.82 Å². The van der Waals surface area contributed by atoms with Crippen LogP contribution >= 0.6 is 0 Å². The Bertz CT molecular complexity index is 1380. The Kier molecular flexibility index (Phi) is 5.55. The molecule has 4 aromatic rings. The highest BCUT2D eigenvalue weighted by molar-refractivity contribution is 7.92. The van der Waals surface area contributed by atoms with Gasteiger partial charge in [0.1, 0.15) is 11.6 Å². The fourth-order valence-electron chi connectivity index (χ4n) is 3.90. The topological polar surface area (TPSA) is 99.0 Å². The second-order valence-electron chi connectivity index (χ2n) is 7.93. The molecule has 0 aliphatic heterocycles.